The van der Waals surface area contributed by atoms with Crippen LogP contribution in [0.5, 0.6) is 5.88 Å². The fourth-order valence-corrected chi connectivity index (χ4v) is 4.46. The van der Waals surface area contributed by atoms with Gasteiger partial charge in [-0.05, 0) is 31.7 Å². The number of sulfonamides is 1. The van der Waals surface area contributed by atoms with Crippen LogP contribution in [0.15, 0.2) is 18.3 Å². The van der Waals surface area contributed by atoms with Crippen LogP contribution in [0.1, 0.15) is 25.3 Å². The molecule has 7 nitrogen and oxygen atoms in total. The van der Waals surface area contributed by atoms with E-state index >= 15 is 0 Å². The van der Waals surface area contributed by atoms with Crippen LogP contribution in [0, 0.1) is 5.92 Å². The summed E-state index contributed by atoms with van der Waals surface area (Å²) in [5, 5.41) is 0. The van der Waals surface area contributed by atoms with Gasteiger partial charge in [-0.15, -0.1) is 0 Å². The Bertz CT molecular complexity index is 689. The van der Waals surface area contributed by atoms with Gasteiger partial charge in [0.1, 0.15) is 0 Å². The highest BCUT2D eigenvalue weighted by Gasteiger charge is 2.52. The number of likely N-dealkylation sites (tertiary alicyclic amines) is 1. The Balaban J connectivity index is 1.52. The lowest BCUT2D eigenvalue weighted by Crippen LogP contribution is -2.64. The van der Waals surface area contributed by atoms with Crippen LogP contribution < -0.4 is 9.46 Å². The van der Waals surface area contributed by atoms with Crippen molar-refractivity contribution in [2.45, 2.75) is 31.9 Å². The van der Waals surface area contributed by atoms with Crippen LogP contribution in [-0.4, -0.2) is 63.0 Å². The molecular formula is C17H27N3O4S. The predicted octanol–water partition coefficient (Wildman–Crippen LogP) is 1.01. The summed E-state index contributed by atoms with van der Waals surface area (Å²) in [6, 6.07) is 3.95. The van der Waals surface area contributed by atoms with Gasteiger partial charge in [-0.2, -0.15) is 0 Å². The van der Waals surface area contributed by atoms with Crippen molar-refractivity contribution in [3.63, 3.8) is 0 Å². The van der Waals surface area contributed by atoms with Crippen LogP contribution in [0.3, 0.4) is 0 Å². The van der Waals surface area contributed by atoms with Crippen molar-refractivity contribution >= 4 is 10.0 Å². The molecule has 2 saturated heterocycles. The van der Waals surface area contributed by atoms with Gasteiger partial charge >= 0.3 is 0 Å². The molecule has 0 amide bonds. The average molecular weight is 369 g/mol. The Morgan fingerprint density at radius 1 is 1.48 bits per heavy atom. The highest BCUT2D eigenvalue weighted by Crippen LogP contribution is 2.42. The van der Waals surface area contributed by atoms with Gasteiger partial charge in [0.25, 0.3) is 0 Å². The Hall–Kier alpha value is -1.22. The van der Waals surface area contributed by atoms with Gasteiger partial charge in [0.15, 0.2) is 0 Å². The van der Waals surface area contributed by atoms with Crippen LogP contribution in [0.2, 0.25) is 0 Å². The molecule has 1 aromatic rings. The monoisotopic (exact) mass is 369 g/mol. The summed E-state index contributed by atoms with van der Waals surface area (Å²) >= 11 is 0. The number of methoxy groups -OCH3 is 1. The lowest BCUT2D eigenvalue weighted by Gasteiger charge is -2.50. The molecule has 8 heteroatoms. The third kappa shape index (κ3) is 4.13. The van der Waals surface area contributed by atoms with E-state index in [1.54, 1.807) is 20.2 Å². The second-order valence-corrected chi connectivity index (χ2v) is 8.90. The van der Waals surface area contributed by atoms with Crippen molar-refractivity contribution in [1.82, 2.24) is 14.6 Å². The van der Waals surface area contributed by atoms with Gasteiger partial charge in [-0.25, -0.2) is 18.1 Å². The zero-order chi connectivity index (χ0) is 17.9. The van der Waals surface area contributed by atoms with Crippen LogP contribution in [0.25, 0.3) is 0 Å². The second kappa shape index (κ2) is 7.57. The smallest absolute Gasteiger partial charge is 0.217 e. The van der Waals surface area contributed by atoms with Gasteiger partial charge in [-0.3, -0.25) is 4.90 Å². The molecule has 1 atom stereocenters. The van der Waals surface area contributed by atoms with E-state index < -0.39 is 10.0 Å². The van der Waals surface area contributed by atoms with Gasteiger partial charge in [0.2, 0.25) is 15.9 Å². The van der Waals surface area contributed by atoms with Crippen molar-refractivity contribution in [1.29, 1.82) is 0 Å². The summed E-state index contributed by atoms with van der Waals surface area (Å²) in [7, 11) is -1.48. The second-order valence-electron chi connectivity index (χ2n) is 6.80. The lowest BCUT2D eigenvalue weighted by molar-refractivity contribution is -0.136. The maximum absolute atomic E-state index is 11.6. The van der Waals surface area contributed by atoms with E-state index in [0.717, 1.165) is 44.6 Å². The summed E-state index contributed by atoms with van der Waals surface area (Å²) in [4.78, 5) is 6.57. The Kier molecular flexibility index (Phi) is 5.62. The summed E-state index contributed by atoms with van der Waals surface area (Å²) in [5.74, 6) is 1.19. The van der Waals surface area contributed by atoms with E-state index in [2.05, 4.69) is 14.6 Å². The first-order valence-electron chi connectivity index (χ1n) is 8.79. The average Bonchev–Trinajstić information content (AvgIpc) is 2.99. The van der Waals surface area contributed by atoms with E-state index in [1.165, 1.54) is 0 Å². The maximum atomic E-state index is 11.6. The van der Waals surface area contributed by atoms with E-state index in [0.29, 0.717) is 18.3 Å². The highest BCUT2D eigenvalue weighted by molar-refractivity contribution is 7.89. The van der Waals surface area contributed by atoms with Crippen molar-refractivity contribution in [2.75, 3.05) is 39.1 Å². The molecule has 0 bridgehead atoms. The molecule has 2 fully saturated rings. The number of nitrogens with one attached hydrogen (secondary N) is 1. The first kappa shape index (κ1) is 18.6. The molecule has 3 heterocycles. The molecule has 0 aromatic carbocycles. The minimum Gasteiger partial charge on any atom is -0.481 e. The normalized spacial score (nSPS) is 22.9. The zero-order valence-electron chi connectivity index (χ0n) is 14.9. The van der Waals surface area contributed by atoms with Crippen molar-refractivity contribution in [3.05, 3.63) is 23.9 Å². The van der Waals surface area contributed by atoms with Crippen LogP contribution >= 0.6 is 0 Å². The highest BCUT2D eigenvalue weighted by atomic mass is 32.2. The molecule has 1 spiro atoms. The van der Waals surface area contributed by atoms with E-state index in [-0.39, 0.29) is 11.4 Å². The molecular weight excluding hydrogens is 342 g/mol. The minimum atomic E-state index is -3.12. The third-order valence-electron chi connectivity index (χ3n) is 5.21. The number of pyridine rings is 1. The fourth-order valence-electron chi connectivity index (χ4n) is 3.82. The lowest BCUT2D eigenvalue weighted by atomic mass is 9.79. The Morgan fingerprint density at radius 2 is 2.28 bits per heavy atom. The SMILES string of the molecule is CCS(=O)(=O)NCC[C@@H]1CCOC12CN(Cc1cccnc1OC)C2. The molecule has 2 aliphatic heterocycles. The summed E-state index contributed by atoms with van der Waals surface area (Å²) in [6.45, 7) is 5.43. The quantitative estimate of drug-likeness (QED) is 0.737. The Labute approximate surface area is 149 Å². The van der Waals surface area contributed by atoms with Crippen LogP contribution in [-0.2, 0) is 21.3 Å². The maximum Gasteiger partial charge on any atom is 0.217 e. The molecule has 0 unspecified atom stereocenters. The molecule has 1 N–H and O–H groups in total. The topological polar surface area (TPSA) is 80.8 Å². The van der Waals surface area contributed by atoms with E-state index in [9.17, 15) is 8.42 Å². The van der Waals surface area contributed by atoms with Gasteiger partial charge in [-0.1, -0.05) is 6.07 Å². The standard InChI is InChI=1S/C17H27N3O4S/c1-3-25(21,22)19-9-6-15-7-10-24-17(15)12-20(13-17)11-14-5-4-8-18-16(14)23-2/h4-5,8,15,19H,3,6-7,9-13H2,1-2H3/t15-/m1/s1. The molecule has 2 aliphatic rings. The van der Waals surface area contributed by atoms with E-state index in [1.807, 2.05) is 12.1 Å². The third-order valence-corrected chi connectivity index (χ3v) is 6.62. The number of rotatable bonds is 8. The van der Waals surface area contributed by atoms with Crippen molar-refractivity contribution < 1.29 is 17.9 Å². The molecule has 0 saturated carbocycles. The largest absolute Gasteiger partial charge is 0.481 e. The molecule has 3 rings (SSSR count). The minimum absolute atomic E-state index is 0.118. The molecule has 0 radical (unpaired) electrons. The van der Waals surface area contributed by atoms with Crippen molar-refractivity contribution in [3.8, 4) is 5.88 Å². The number of aromatic nitrogens is 1. The zero-order valence-corrected chi connectivity index (χ0v) is 15.7. The van der Waals surface area contributed by atoms with Gasteiger partial charge in [0, 0.05) is 44.5 Å². The van der Waals surface area contributed by atoms with Gasteiger partial charge < -0.3 is 9.47 Å². The first-order valence-corrected chi connectivity index (χ1v) is 10.4. The fraction of sp³-hybridized carbons (Fsp3) is 0.706. The number of hydrogen-bond acceptors (Lipinski definition) is 6. The predicted molar refractivity (Wildman–Crippen MR) is 94.9 cm³/mol. The first-order chi connectivity index (χ1) is 12.0. The molecule has 25 heavy (non-hydrogen) atoms. The summed E-state index contributed by atoms with van der Waals surface area (Å²) < 4.78 is 37.2. The molecule has 0 aliphatic carbocycles. The summed E-state index contributed by atoms with van der Waals surface area (Å²) in [6.07, 6.45) is 3.55. The number of nitrogens with zero attached hydrogens (tertiary/aromatic N) is 2. The van der Waals surface area contributed by atoms with Crippen LogP contribution in [0.4, 0.5) is 0 Å². The van der Waals surface area contributed by atoms with E-state index in [4.69, 9.17) is 9.47 Å². The molecule has 140 valence electrons. The summed E-state index contributed by atoms with van der Waals surface area (Å²) in [5.41, 5.74) is 0.956. The van der Waals surface area contributed by atoms with Gasteiger partial charge in [0.05, 0.1) is 18.5 Å². The van der Waals surface area contributed by atoms with Crippen molar-refractivity contribution in [2.24, 2.45) is 5.92 Å². The number of hydrogen-bond donors (Lipinski definition) is 1. The number of ether oxygens (including phenoxy) is 2. The Morgan fingerprint density at radius 3 is 3.00 bits per heavy atom. The molecule has 1 aromatic heterocycles.